The van der Waals surface area contributed by atoms with Crippen molar-refractivity contribution in [1.82, 2.24) is 0 Å². The molecule has 2 saturated carbocycles. The standard InChI is InChI=1S/C32H33FN2O3/c1-34(2)28-12-10-25(11-13-28)24-7-3-21(4-8-24)20-35(32(38)30-18-22-5-9-26(30)15-22)29-17-23(6-14-31(36)37)16-27(33)19-29/h3-4,6-8,10-14,16-17,19,22,26,30H,5,9,15,18,20H2,1-2H3,(H,36,37)/t22-,26+,30-/m1/s1. The number of benzene rings is 3. The molecule has 2 aliphatic carbocycles. The molecule has 0 unspecified atom stereocenters. The maximum Gasteiger partial charge on any atom is 0.328 e. The van der Waals surface area contributed by atoms with E-state index in [-0.39, 0.29) is 11.8 Å². The van der Waals surface area contributed by atoms with Crippen molar-refractivity contribution < 1.29 is 19.1 Å². The molecule has 5 rings (SSSR count). The molecule has 196 valence electrons. The lowest BCUT2D eigenvalue weighted by Crippen LogP contribution is -2.38. The first-order valence-electron chi connectivity index (χ1n) is 13.2. The molecule has 3 aromatic rings. The van der Waals surface area contributed by atoms with Gasteiger partial charge in [0, 0.05) is 37.5 Å². The first kappa shape index (κ1) is 25.7. The minimum Gasteiger partial charge on any atom is -0.478 e. The third kappa shape index (κ3) is 5.64. The molecule has 2 aliphatic rings. The Hall–Kier alpha value is -3.93. The lowest BCUT2D eigenvalue weighted by Gasteiger charge is -2.30. The number of aliphatic carboxylic acids is 1. The average molecular weight is 513 g/mol. The number of rotatable bonds is 8. The van der Waals surface area contributed by atoms with Crippen LogP contribution in [-0.4, -0.2) is 31.1 Å². The summed E-state index contributed by atoms with van der Waals surface area (Å²) in [5, 5.41) is 9.00. The zero-order valence-electron chi connectivity index (χ0n) is 21.8. The van der Waals surface area contributed by atoms with Crippen LogP contribution in [0.5, 0.6) is 0 Å². The van der Waals surface area contributed by atoms with Crippen molar-refractivity contribution in [3.63, 3.8) is 0 Å². The Kier molecular flexibility index (Phi) is 7.32. The van der Waals surface area contributed by atoms with Gasteiger partial charge in [0.1, 0.15) is 5.82 Å². The molecule has 0 radical (unpaired) electrons. The minimum atomic E-state index is -1.11. The number of fused-ring (bicyclic) bond motifs is 2. The molecule has 5 nitrogen and oxygen atoms in total. The van der Waals surface area contributed by atoms with Crippen molar-refractivity contribution in [2.24, 2.45) is 17.8 Å². The molecule has 38 heavy (non-hydrogen) atoms. The van der Waals surface area contributed by atoms with Gasteiger partial charge in [0.2, 0.25) is 5.91 Å². The molecule has 0 spiro atoms. The number of carbonyl (C=O) groups is 2. The van der Waals surface area contributed by atoms with E-state index in [2.05, 4.69) is 29.2 Å². The van der Waals surface area contributed by atoms with Gasteiger partial charge in [-0.05, 0) is 89.8 Å². The summed E-state index contributed by atoms with van der Waals surface area (Å²) in [5.41, 5.74) is 5.12. The second-order valence-electron chi connectivity index (χ2n) is 10.8. The molecule has 0 heterocycles. The van der Waals surface area contributed by atoms with Gasteiger partial charge in [0.05, 0.1) is 6.54 Å². The number of hydrogen-bond donors (Lipinski definition) is 1. The maximum atomic E-state index is 14.6. The van der Waals surface area contributed by atoms with Gasteiger partial charge >= 0.3 is 5.97 Å². The molecule has 0 aromatic heterocycles. The predicted molar refractivity (Wildman–Crippen MR) is 149 cm³/mol. The minimum absolute atomic E-state index is 0.0271. The third-order valence-electron chi connectivity index (χ3n) is 7.97. The van der Waals surface area contributed by atoms with Gasteiger partial charge in [-0.1, -0.05) is 42.8 Å². The van der Waals surface area contributed by atoms with Crippen LogP contribution < -0.4 is 9.80 Å². The van der Waals surface area contributed by atoms with E-state index in [9.17, 15) is 14.0 Å². The summed E-state index contributed by atoms with van der Waals surface area (Å²) in [6.45, 7) is 0.318. The van der Waals surface area contributed by atoms with Crippen LogP contribution in [-0.2, 0) is 16.1 Å². The SMILES string of the molecule is CN(C)c1ccc(-c2ccc(CN(C(=O)[C@@H]3C[C@@H]4CC[C@H]3C4)c3cc(F)cc(C=CC(=O)O)c3)cc2)cc1. The quantitative estimate of drug-likeness (QED) is 0.344. The number of carboxylic acid groups (broad SMARTS) is 1. The zero-order valence-corrected chi connectivity index (χ0v) is 21.8. The van der Waals surface area contributed by atoms with Crippen molar-refractivity contribution >= 4 is 29.3 Å². The molecular weight excluding hydrogens is 479 g/mol. The second kappa shape index (κ2) is 10.8. The van der Waals surface area contributed by atoms with Crippen LogP contribution in [0.4, 0.5) is 15.8 Å². The number of anilines is 2. The fraction of sp³-hybridized carbons (Fsp3) is 0.312. The Morgan fingerprint density at radius 1 is 0.921 bits per heavy atom. The number of carbonyl (C=O) groups excluding carboxylic acids is 1. The molecule has 1 N–H and O–H groups in total. The highest BCUT2D eigenvalue weighted by Gasteiger charge is 2.44. The smallest absolute Gasteiger partial charge is 0.328 e. The van der Waals surface area contributed by atoms with E-state index >= 15 is 0 Å². The maximum absolute atomic E-state index is 14.6. The number of carboxylic acids is 1. The van der Waals surface area contributed by atoms with E-state index in [1.54, 1.807) is 11.0 Å². The van der Waals surface area contributed by atoms with Crippen molar-refractivity contribution in [1.29, 1.82) is 0 Å². The van der Waals surface area contributed by atoms with Gasteiger partial charge in [-0.25, -0.2) is 9.18 Å². The average Bonchev–Trinajstić information content (AvgIpc) is 3.54. The summed E-state index contributed by atoms with van der Waals surface area (Å²) in [5.74, 6) is -0.640. The number of hydrogen-bond acceptors (Lipinski definition) is 3. The third-order valence-corrected chi connectivity index (χ3v) is 7.97. The Bertz CT molecular complexity index is 1350. The molecule has 0 saturated heterocycles. The van der Waals surface area contributed by atoms with E-state index in [1.807, 2.05) is 38.4 Å². The summed E-state index contributed by atoms with van der Waals surface area (Å²) in [4.78, 5) is 28.6. The Labute approximate surface area is 223 Å². The Morgan fingerprint density at radius 3 is 2.18 bits per heavy atom. The molecule has 2 fully saturated rings. The summed E-state index contributed by atoms with van der Waals surface area (Å²) in [6, 6.07) is 20.8. The molecule has 3 atom stereocenters. The normalized spacial score (nSPS) is 20.1. The summed E-state index contributed by atoms with van der Waals surface area (Å²) < 4.78 is 14.6. The molecule has 0 aliphatic heterocycles. The summed E-state index contributed by atoms with van der Waals surface area (Å²) >= 11 is 0. The monoisotopic (exact) mass is 512 g/mol. The van der Waals surface area contributed by atoms with Gasteiger partial charge in [-0.2, -0.15) is 0 Å². The van der Waals surface area contributed by atoms with Gasteiger partial charge < -0.3 is 14.9 Å². The van der Waals surface area contributed by atoms with Crippen LogP contribution in [0, 0.1) is 23.6 Å². The van der Waals surface area contributed by atoms with E-state index in [0.29, 0.717) is 29.6 Å². The number of nitrogens with zero attached hydrogens (tertiary/aromatic N) is 2. The molecule has 1 amide bonds. The largest absolute Gasteiger partial charge is 0.478 e. The van der Waals surface area contributed by atoms with Crippen molar-refractivity contribution in [3.05, 3.63) is 89.8 Å². The summed E-state index contributed by atoms with van der Waals surface area (Å²) in [6.07, 6.45) is 6.59. The van der Waals surface area contributed by atoms with E-state index in [0.717, 1.165) is 47.7 Å². The van der Waals surface area contributed by atoms with Crippen LogP contribution in [0.25, 0.3) is 17.2 Å². The van der Waals surface area contributed by atoms with Crippen LogP contribution in [0.2, 0.25) is 0 Å². The van der Waals surface area contributed by atoms with Gasteiger partial charge in [0.15, 0.2) is 0 Å². The topological polar surface area (TPSA) is 60.9 Å². The van der Waals surface area contributed by atoms with Crippen LogP contribution in [0.1, 0.15) is 36.8 Å². The summed E-state index contributed by atoms with van der Waals surface area (Å²) in [7, 11) is 4.02. The van der Waals surface area contributed by atoms with Gasteiger partial charge in [-0.15, -0.1) is 0 Å². The molecule has 6 heteroatoms. The second-order valence-corrected chi connectivity index (χ2v) is 10.8. The zero-order chi connectivity index (χ0) is 26.8. The number of amides is 1. The molecule has 3 aromatic carbocycles. The fourth-order valence-electron chi connectivity index (χ4n) is 6.00. The van der Waals surface area contributed by atoms with Crippen LogP contribution in [0.3, 0.4) is 0 Å². The Morgan fingerprint density at radius 2 is 1.61 bits per heavy atom. The van der Waals surface area contributed by atoms with Crippen molar-refractivity contribution in [3.8, 4) is 11.1 Å². The first-order valence-corrected chi connectivity index (χ1v) is 13.2. The van der Waals surface area contributed by atoms with E-state index < -0.39 is 11.8 Å². The number of halogens is 1. The van der Waals surface area contributed by atoms with Crippen LogP contribution >= 0.6 is 0 Å². The van der Waals surface area contributed by atoms with Gasteiger partial charge in [-0.3, -0.25) is 4.79 Å². The molecule has 2 bridgehead atoms. The van der Waals surface area contributed by atoms with Crippen molar-refractivity contribution in [2.75, 3.05) is 23.9 Å². The van der Waals surface area contributed by atoms with Crippen molar-refractivity contribution in [2.45, 2.75) is 32.2 Å². The van der Waals surface area contributed by atoms with E-state index in [4.69, 9.17) is 5.11 Å². The fourth-order valence-corrected chi connectivity index (χ4v) is 6.00. The first-order chi connectivity index (χ1) is 18.3. The van der Waals surface area contributed by atoms with Gasteiger partial charge in [0.25, 0.3) is 0 Å². The lowest BCUT2D eigenvalue weighted by molar-refractivity contribution is -0.131. The Balaban J connectivity index is 1.43. The van der Waals surface area contributed by atoms with E-state index in [1.165, 1.54) is 24.6 Å². The highest BCUT2D eigenvalue weighted by atomic mass is 19.1. The van der Waals surface area contributed by atoms with Crippen LogP contribution in [0.15, 0.2) is 72.8 Å². The highest BCUT2D eigenvalue weighted by Crippen LogP contribution is 2.49. The highest BCUT2D eigenvalue weighted by molar-refractivity contribution is 5.96. The lowest BCUT2D eigenvalue weighted by atomic mass is 9.87. The predicted octanol–water partition coefficient (Wildman–Crippen LogP) is 6.63. The molecular formula is C32H33FN2O3.